The molecule has 3 aromatic rings. The number of carbonyl (C=O) groups excluding carboxylic acids is 2. The number of halogens is 4. The Hall–Kier alpha value is -2.33. The summed E-state index contributed by atoms with van der Waals surface area (Å²) in [5, 5.41) is 10.2. The summed E-state index contributed by atoms with van der Waals surface area (Å²) in [5.41, 5.74) is 0.431. The minimum atomic E-state index is -0.708. The smallest absolute Gasteiger partial charge is 0.411 e. The zero-order chi connectivity index (χ0) is 23.4. The molecule has 0 spiro atoms. The van der Waals surface area contributed by atoms with Gasteiger partial charge in [-0.05, 0) is 46.1 Å². The van der Waals surface area contributed by atoms with Crippen molar-refractivity contribution in [3.63, 3.8) is 0 Å². The van der Waals surface area contributed by atoms with Crippen LogP contribution in [-0.4, -0.2) is 33.4 Å². The van der Waals surface area contributed by atoms with Crippen molar-refractivity contribution in [2.75, 3.05) is 17.2 Å². The van der Waals surface area contributed by atoms with Crippen molar-refractivity contribution < 1.29 is 14.3 Å². The average molecular weight is 562 g/mol. The fourth-order valence-electron chi connectivity index (χ4n) is 2.57. The second kappa shape index (κ2) is 10.5. The van der Waals surface area contributed by atoms with Crippen LogP contribution in [0.15, 0.2) is 41.1 Å². The summed E-state index contributed by atoms with van der Waals surface area (Å²) in [7, 11) is 0. The maximum absolute atomic E-state index is 13.1. The van der Waals surface area contributed by atoms with Crippen LogP contribution in [0, 0.1) is 5.92 Å². The van der Waals surface area contributed by atoms with Crippen LogP contribution >= 0.6 is 50.7 Å². The fourth-order valence-corrected chi connectivity index (χ4v) is 3.69. The van der Waals surface area contributed by atoms with Gasteiger partial charge in [-0.1, -0.05) is 48.7 Å². The van der Waals surface area contributed by atoms with Crippen LogP contribution in [0.1, 0.15) is 24.3 Å². The molecule has 3 rings (SSSR count). The monoisotopic (exact) mass is 559 g/mol. The number of aromatic nitrogens is 3. The Balaban J connectivity index is 1.92. The standard InChI is InChI=1S/C20H17BrCl3N5O3/c1-10(2)9-32-20(31)26-14-7-11(22)6-13(24)17(14)27-19(30)15-8-16(21)28-29(15)18-12(23)4-3-5-25-18/h3-8,10H,9H2,1-2H3,(H,26,31)(H,27,30). The van der Waals surface area contributed by atoms with Gasteiger partial charge in [0.15, 0.2) is 5.82 Å². The molecule has 2 heterocycles. The predicted octanol–water partition coefficient (Wildman–Crippen LogP) is 6.45. The quantitative estimate of drug-likeness (QED) is 0.361. The van der Waals surface area contributed by atoms with E-state index in [0.717, 1.165) is 0 Å². The van der Waals surface area contributed by atoms with Crippen LogP contribution in [0.2, 0.25) is 15.1 Å². The van der Waals surface area contributed by atoms with E-state index in [2.05, 4.69) is 36.6 Å². The molecule has 2 amide bonds. The predicted molar refractivity (Wildman–Crippen MR) is 128 cm³/mol. The number of rotatable bonds is 6. The molecule has 0 aliphatic rings. The van der Waals surface area contributed by atoms with Crippen molar-refractivity contribution in [2.24, 2.45) is 5.92 Å². The summed E-state index contributed by atoms with van der Waals surface area (Å²) in [6.45, 7) is 4.04. The summed E-state index contributed by atoms with van der Waals surface area (Å²) in [6.07, 6.45) is 0.819. The Labute approximate surface area is 207 Å². The molecule has 168 valence electrons. The fraction of sp³-hybridized carbons (Fsp3) is 0.200. The largest absolute Gasteiger partial charge is 0.449 e. The molecule has 2 aromatic heterocycles. The highest BCUT2D eigenvalue weighted by atomic mass is 79.9. The molecular formula is C20H17BrCl3N5O3. The van der Waals surface area contributed by atoms with Gasteiger partial charge in [-0.3, -0.25) is 10.1 Å². The third-order valence-electron chi connectivity index (χ3n) is 3.93. The number of hydrogen-bond acceptors (Lipinski definition) is 5. The first kappa shape index (κ1) is 24.3. The number of anilines is 2. The van der Waals surface area contributed by atoms with Crippen molar-refractivity contribution in [2.45, 2.75) is 13.8 Å². The number of amides is 2. The molecule has 0 aliphatic carbocycles. The zero-order valence-corrected chi connectivity index (χ0v) is 20.7. The van der Waals surface area contributed by atoms with E-state index >= 15 is 0 Å². The molecule has 0 atom stereocenters. The van der Waals surface area contributed by atoms with Crippen LogP contribution in [0.3, 0.4) is 0 Å². The lowest BCUT2D eigenvalue weighted by Crippen LogP contribution is -2.21. The normalized spacial score (nSPS) is 10.8. The third kappa shape index (κ3) is 5.92. The highest BCUT2D eigenvalue weighted by molar-refractivity contribution is 9.10. The summed E-state index contributed by atoms with van der Waals surface area (Å²) in [6, 6.07) is 7.67. The van der Waals surface area contributed by atoms with E-state index in [1.54, 1.807) is 12.1 Å². The van der Waals surface area contributed by atoms with E-state index in [-0.39, 0.29) is 45.5 Å². The van der Waals surface area contributed by atoms with Crippen LogP contribution in [0.5, 0.6) is 0 Å². The molecule has 12 heteroatoms. The Morgan fingerprint density at radius 1 is 1.16 bits per heavy atom. The van der Waals surface area contributed by atoms with Crippen molar-refractivity contribution in [3.05, 3.63) is 61.9 Å². The van der Waals surface area contributed by atoms with E-state index in [1.165, 1.54) is 29.1 Å². The molecule has 0 aliphatic heterocycles. The van der Waals surface area contributed by atoms with Crippen molar-refractivity contribution in [1.29, 1.82) is 0 Å². The number of nitrogens with zero attached hydrogens (tertiary/aromatic N) is 3. The van der Waals surface area contributed by atoms with Gasteiger partial charge in [0.25, 0.3) is 5.91 Å². The van der Waals surface area contributed by atoms with E-state index in [1.807, 2.05) is 13.8 Å². The Morgan fingerprint density at radius 3 is 2.59 bits per heavy atom. The van der Waals surface area contributed by atoms with Crippen molar-refractivity contribution >= 4 is 74.1 Å². The number of carbonyl (C=O) groups is 2. The SMILES string of the molecule is CC(C)COC(=O)Nc1cc(Cl)cc(Cl)c1NC(=O)c1cc(Br)nn1-c1ncccc1Cl. The van der Waals surface area contributed by atoms with Crippen LogP contribution in [0.25, 0.3) is 5.82 Å². The first-order valence-electron chi connectivity index (χ1n) is 9.26. The van der Waals surface area contributed by atoms with Gasteiger partial charge in [-0.2, -0.15) is 5.10 Å². The molecule has 0 saturated carbocycles. The van der Waals surface area contributed by atoms with Gasteiger partial charge in [-0.25, -0.2) is 14.5 Å². The van der Waals surface area contributed by atoms with Gasteiger partial charge < -0.3 is 10.1 Å². The summed E-state index contributed by atoms with van der Waals surface area (Å²) >= 11 is 21.9. The van der Waals surface area contributed by atoms with E-state index in [9.17, 15) is 9.59 Å². The van der Waals surface area contributed by atoms with Crippen molar-refractivity contribution in [3.8, 4) is 5.82 Å². The molecule has 0 unspecified atom stereocenters. The van der Waals surface area contributed by atoms with E-state index in [0.29, 0.717) is 9.63 Å². The third-order valence-corrected chi connectivity index (χ3v) is 5.13. The Bertz CT molecular complexity index is 1170. The van der Waals surface area contributed by atoms with Crippen LogP contribution in [-0.2, 0) is 4.74 Å². The van der Waals surface area contributed by atoms with Crippen LogP contribution < -0.4 is 10.6 Å². The summed E-state index contributed by atoms with van der Waals surface area (Å²) in [5.74, 6) is -0.157. The summed E-state index contributed by atoms with van der Waals surface area (Å²) in [4.78, 5) is 29.5. The van der Waals surface area contributed by atoms with E-state index < -0.39 is 12.0 Å². The van der Waals surface area contributed by atoms with Gasteiger partial charge in [0.1, 0.15) is 10.3 Å². The average Bonchev–Trinajstić information content (AvgIpc) is 3.10. The van der Waals surface area contributed by atoms with Gasteiger partial charge in [0.2, 0.25) is 0 Å². The lowest BCUT2D eigenvalue weighted by molar-refractivity contribution is 0.101. The first-order valence-corrected chi connectivity index (χ1v) is 11.2. The molecule has 0 saturated heterocycles. The minimum absolute atomic E-state index is 0.117. The second-order valence-electron chi connectivity index (χ2n) is 6.95. The maximum Gasteiger partial charge on any atom is 0.411 e. The van der Waals surface area contributed by atoms with Gasteiger partial charge in [0, 0.05) is 17.3 Å². The summed E-state index contributed by atoms with van der Waals surface area (Å²) < 4.78 is 6.81. The number of hydrogen-bond donors (Lipinski definition) is 2. The molecule has 0 radical (unpaired) electrons. The van der Waals surface area contributed by atoms with Gasteiger partial charge in [-0.15, -0.1) is 0 Å². The van der Waals surface area contributed by atoms with Crippen LogP contribution in [0.4, 0.5) is 16.2 Å². The first-order chi connectivity index (χ1) is 15.2. The second-order valence-corrected chi connectivity index (χ2v) is 9.02. The molecule has 0 bridgehead atoms. The highest BCUT2D eigenvalue weighted by Crippen LogP contribution is 2.35. The van der Waals surface area contributed by atoms with Crippen molar-refractivity contribution in [1.82, 2.24) is 14.8 Å². The molecule has 8 nitrogen and oxygen atoms in total. The molecule has 32 heavy (non-hydrogen) atoms. The van der Waals surface area contributed by atoms with E-state index in [4.69, 9.17) is 39.5 Å². The van der Waals surface area contributed by atoms with Gasteiger partial charge >= 0.3 is 6.09 Å². The topological polar surface area (TPSA) is 98.1 Å². The maximum atomic E-state index is 13.1. The lowest BCUT2D eigenvalue weighted by atomic mass is 10.2. The number of nitrogens with one attached hydrogen (secondary N) is 2. The molecule has 1 aromatic carbocycles. The minimum Gasteiger partial charge on any atom is -0.449 e. The number of ether oxygens (including phenoxy) is 1. The highest BCUT2D eigenvalue weighted by Gasteiger charge is 2.22. The lowest BCUT2D eigenvalue weighted by Gasteiger charge is -2.15. The molecule has 2 N–H and O–H groups in total. The Morgan fingerprint density at radius 2 is 1.91 bits per heavy atom. The van der Waals surface area contributed by atoms with Gasteiger partial charge in [0.05, 0.1) is 28.0 Å². The molecule has 0 fully saturated rings. The Kier molecular flexibility index (Phi) is 8.00. The number of pyridine rings is 1. The molecular weight excluding hydrogens is 545 g/mol. The zero-order valence-electron chi connectivity index (χ0n) is 16.8. The number of benzene rings is 1.